The third-order valence-electron chi connectivity index (χ3n) is 3.17. The molecule has 0 saturated heterocycles. The fourth-order valence-electron chi connectivity index (χ4n) is 1.93. The second-order valence-corrected chi connectivity index (χ2v) is 8.13. The first-order chi connectivity index (χ1) is 11.0. The molecule has 0 unspecified atom stereocenters. The molecule has 0 aliphatic rings. The van der Waals surface area contributed by atoms with Gasteiger partial charge in [0.05, 0.1) is 10.8 Å². The molecule has 0 N–H and O–H groups in total. The van der Waals surface area contributed by atoms with Gasteiger partial charge in [0.15, 0.2) is 5.58 Å². The Morgan fingerprint density at radius 1 is 1.17 bits per heavy atom. The lowest BCUT2D eigenvalue weighted by molar-refractivity contribution is 0.520. The van der Waals surface area contributed by atoms with Gasteiger partial charge in [0.25, 0.3) is 0 Å². The Morgan fingerprint density at radius 2 is 1.96 bits per heavy atom. The number of hydrogen-bond acceptors (Lipinski definition) is 6. The number of thioether (sulfide) groups is 1. The van der Waals surface area contributed by atoms with E-state index in [1.165, 1.54) is 32.1 Å². The summed E-state index contributed by atoms with van der Waals surface area (Å²) < 4.78 is 30.8. The van der Waals surface area contributed by atoms with Crippen LogP contribution >= 0.6 is 11.8 Å². The van der Waals surface area contributed by atoms with Gasteiger partial charge in [-0.25, -0.2) is 22.7 Å². The molecule has 0 amide bonds. The van der Waals surface area contributed by atoms with Crippen LogP contribution in [0, 0.1) is 0 Å². The van der Waals surface area contributed by atoms with Gasteiger partial charge in [0.2, 0.25) is 15.9 Å². The van der Waals surface area contributed by atoms with Gasteiger partial charge < -0.3 is 4.42 Å². The number of rotatable bonds is 5. The molecule has 0 bridgehead atoms. The van der Waals surface area contributed by atoms with Gasteiger partial charge in [-0.3, -0.25) is 0 Å². The average Bonchev–Trinajstić information content (AvgIpc) is 2.96. The zero-order valence-electron chi connectivity index (χ0n) is 12.6. The summed E-state index contributed by atoms with van der Waals surface area (Å²) in [5, 5.41) is 0.713. The SMILES string of the molecule is CN(C)S(=O)(=O)c1ccc(SCc2nc3ccccc3o2)nc1. The summed E-state index contributed by atoms with van der Waals surface area (Å²) in [6.45, 7) is 0. The molecule has 23 heavy (non-hydrogen) atoms. The van der Waals surface area contributed by atoms with Crippen molar-refractivity contribution in [3.63, 3.8) is 0 Å². The van der Waals surface area contributed by atoms with E-state index in [2.05, 4.69) is 9.97 Å². The molecule has 3 rings (SSSR count). The fourth-order valence-corrected chi connectivity index (χ4v) is 3.47. The summed E-state index contributed by atoms with van der Waals surface area (Å²) in [4.78, 5) is 8.75. The minimum atomic E-state index is -3.45. The first-order valence-corrected chi connectivity index (χ1v) is 9.25. The van der Waals surface area contributed by atoms with Crippen LogP contribution in [-0.2, 0) is 15.8 Å². The minimum absolute atomic E-state index is 0.175. The standard InChI is InChI=1S/C15H15N3O3S2/c1-18(2)23(19,20)11-7-8-15(16-9-11)22-10-14-17-12-5-3-4-6-13(12)21-14/h3-9H,10H2,1-2H3. The van der Waals surface area contributed by atoms with Gasteiger partial charge in [-0.1, -0.05) is 23.9 Å². The van der Waals surface area contributed by atoms with Gasteiger partial charge >= 0.3 is 0 Å². The Labute approximate surface area is 138 Å². The Balaban J connectivity index is 1.71. The van der Waals surface area contributed by atoms with Gasteiger partial charge in [0.1, 0.15) is 10.4 Å². The van der Waals surface area contributed by atoms with Crippen LogP contribution in [0.15, 0.2) is 56.9 Å². The van der Waals surface area contributed by atoms with E-state index in [0.29, 0.717) is 16.7 Å². The highest BCUT2D eigenvalue weighted by Crippen LogP contribution is 2.24. The molecular weight excluding hydrogens is 334 g/mol. The Hall–Kier alpha value is -1.90. The van der Waals surface area contributed by atoms with E-state index in [1.54, 1.807) is 12.1 Å². The summed E-state index contributed by atoms with van der Waals surface area (Å²) in [5.41, 5.74) is 1.58. The second-order valence-electron chi connectivity index (χ2n) is 4.98. The van der Waals surface area contributed by atoms with Crippen molar-refractivity contribution in [2.75, 3.05) is 14.1 Å². The quantitative estimate of drug-likeness (QED) is 0.659. The maximum Gasteiger partial charge on any atom is 0.244 e. The molecule has 3 aromatic rings. The number of para-hydroxylation sites is 2. The van der Waals surface area contributed by atoms with Gasteiger partial charge in [-0.15, -0.1) is 0 Å². The molecular formula is C15H15N3O3S2. The predicted octanol–water partition coefficient (Wildman–Crippen LogP) is 2.77. The van der Waals surface area contributed by atoms with Crippen LogP contribution in [0.5, 0.6) is 0 Å². The Morgan fingerprint density at radius 3 is 2.61 bits per heavy atom. The van der Waals surface area contributed by atoms with Crippen molar-refractivity contribution in [3.8, 4) is 0 Å². The van der Waals surface area contributed by atoms with Crippen LogP contribution in [0.3, 0.4) is 0 Å². The maximum absolute atomic E-state index is 12.0. The summed E-state index contributed by atoms with van der Waals surface area (Å²) in [6.07, 6.45) is 1.36. The number of hydrogen-bond donors (Lipinski definition) is 0. The second kappa shape index (κ2) is 6.31. The van der Waals surface area contributed by atoms with Gasteiger partial charge in [-0.2, -0.15) is 0 Å². The van der Waals surface area contributed by atoms with Crippen molar-refractivity contribution < 1.29 is 12.8 Å². The predicted molar refractivity (Wildman–Crippen MR) is 88.7 cm³/mol. The highest BCUT2D eigenvalue weighted by Gasteiger charge is 2.17. The largest absolute Gasteiger partial charge is 0.440 e. The molecule has 0 aliphatic carbocycles. The first kappa shape index (κ1) is 16.0. The first-order valence-electron chi connectivity index (χ1n) is 6.82. The monoisotopic (exact) mass is 349 g/mol. The average molecular weight is 349 g/mol. The molecule has 0 spiro atoms. The van der Waals surface area contributed by atoms with E-state index in [4.69, 9.17) is 4.42 Å². The maximum atomic E-state index is 12.0. The molecule has 8 heteroatoms. The van der Waals surface area contributed by atoms with Crippen LogP contribution in [0.1, 0.15) is 5.89 Å². The van der Waals surface area contributed by atoms with Crippen LogP contribution < -0.4 is 0 Å². The molecule has 2 aromatic heterocycles. The zero-order valence-corrected chi connectivity index (χ0v) is 14.3. The molecule has 0 aliphatic heterocycles. The third kappa shape index (κ3) is 3.39. The lowest BCUT2D eigenvalue weighted by Gasteiger charge is -2.10. The van der Waals surface area contributed by atoms with Crippen molar-refractivity contribution in [2.45, 2.75) is 15.7 Å². The number of sulfonamides is 1. The summed E-state index contributed by atoms with van der Waals surface area (Å²) in [5.74, 6) is 1.14. The fraction of sp³-hybridized carbons (Fsp3) is 0.200. The third-order valence-corrected chi connectivity index (χ3v) is 5.90. The van der Waals surface area contributed by atoms with Crippen LogP contribution in [-0.4, -0.2) is 36.8 Å². The number of fused-ring (bicyclic) bond motifs is 1. The summed E-state index contributed by atoms with van der Waals surface area (Å²) in [6, 6.07) is 10.8. The zero-order chi connectivity index (χ0) is 16.4. The Kier molecular flexibility index (Phi) is 4.38. The van der Waals surface area contributed by atoms with Crippen molar-refractivity contribution in [3.05, 3.63) is 48.5 Å². The van der Waals surface area contributed by atoms with E-state index >= 15 is 0 Å². The number of oxazole rings is 1. The topological polar surface area (TPSA) is 76.3 Å². The van der Waals surface area contributed by atoms with E-state index in [-0.39, 0.29) is 4.90 Å². The van der Waals surface area contributed by atoms with E-state index in [9.17, 15) is 8.42 Å². The summed E-state index contributed by atoms with van der Waals surface area (Å²) >= 11 is 1.44. The lowest BCUT2D eigenvalue weighted by atomic mass is 10.3. The van der Waals surface area contributed by atoms with Gasteiger partial charge in [0, 0.05) is 20.3 Å². The molecule has 0 radical (unpaired) electrons. The van der Waals surface area contributed by atoms with Crippen LogP contribution in [0.25, 0.3) is 11.1 Å². The number of pyridine rings is 1. The van der Waals surface area contributed by atoms with Crippen molar-refractivity contribution in [1.29, 1.82) is 0 Å². The van der Waals surface area contributed by atoms with E-state index in [1.807, 2.05) is 24.3 Å². The molecule has 2 heterocycles. The van der Waals surface area contributed by atoms with E-state index in [0.717, 1.165) is 15.4 Å². The van der Waals surface area contributed by atoms with E-state index < -0.39 is 10.0 Å². The minimum Gasteiger partial charge on any atom is -0.440 e. The number of aromatic nitrogens is 2. The molecule has 1 aromatic carbocycles. The van der Waals surface area contributed by atoms with Crippen molar-refractivity contribution in [2.24, 2.45) is 0 Å². The van der Waals surface area contributed by atoms with Gasteiger partial charge in [-0.05, 0) is 24.3 Å². The number of benzene rings is 1. The molecule has 0 saturated carbocycles. The molecule has 0 atom stereocenters. The highest BCUT2D eigenvalue weighted by molar-refractivity contribution is 7.98. The van der Waals surface area contributed by atoms with Crippen LogP contribution in [0.4, 0.5) is 0 Å². The van der Waals surface area contributed by atoms with Crippen molar-refractivity contribution in [1.82, 2.24) is 14.3 Å². The number of nitrogens with zero attached hydrogens (tertiary/aromatic N) is 3. The molecule has 6 nitrogen and oxygen atoms in total. The van der Waals surface area contributed by atoms with Crippen molar-refractivity contribution >= 4 is 32.9 Å². The molecule has 120 valence electrons. The Bertz CT molecular complexity index is 886. The smallest absolute Gasteiger partial charge is 0.244 e. The molecule has 0 fully saturated rings. The summed E-state index contributed by atoms with van der Waals surface area (Å²) in [7, 11) is -0.465. The van der Waals surface area contributed by atoms with Crippen LogP contribution in [0.2, 0.25) is 0 Å². The lowest BCUT2D eigenvalue weighted by Crippen LogP contribution is -2.22. The normalized spacial score (nSPS) is 12.1. The highest BCUT2D eigenvalue weighted by atomic mass is 32.2.